The number of benzene rings is 1. The topological polar surface area (TPSA) is 99.1 Å². The van der Waals surface area contributed by atoms with Crippen LogP contribution in [0.25, 0.3) is 0 Å². The van der Waals surface area contributed by atoms with E-state index >= 15 is 0 Å². The molecule has 2 aliphatic rings. The molecule has 2 unspecified atom stereocenters. The van der Waals surface area contributed by atoms with Gasteiger partial charge in [0.15, 0.2) is 9.84 Å². The summed E-state index contributed by atoms with van der Waals surface area (Å²) < 4.78 is 62.0. The number of ether oxygens (including phenoxy) is 1. The van der Waals surface area contributed by atoms with Crippen molar-refractivity contribution in [3.05, 3.63) is 40.2 Å². The largest absolute Gasteiger partial charge is 0.386 e. The fraction of sp³-hybridized carbons (Fsp3) is 0.625. The first kappa shape index (κ1) is 25.9. The Hall–Kier alpha value is -1.71. The lowest BCUT2D eigenvalue weighted by atomic mass is 9.81. The zero-order chi connectivity index (χ0) is 24.6. The normalized spacial score (nSPS) is 22.7. The summed E-state index contributed by atoms with van der Waals surface area (Å²) in [5.41, 5.74) is 2.44. The summed E-state index contributed by atoms with van der Waals surface area (Å²) in [5, 5.41) is 0. The molecule has 0 aliphatic carbocycles. The van der Waals surface area contributed by atoms with Crippen molar-refractivity contribution in [1.29, 1.82) is 0 Å². The first-order valence-electron chi connectivity index (χ1n) is 11.4. The number of aliphatic imine (C=N–C) groups is 1. The summed E-state index contributed by atoms with van der Waals surface area (Å²) in [7, 11) is -5.53. The first-order chi connectivity index (χ1) is 15.4. The summed E-state index contributed by atoms with van der Waals surface area (Å²) in [4.78, 5) is 5.03. The summed E-state index contributed by atoms with van der Waals surface area (Å²) >= 11 is 0. The average Bonchev–Trinajstić information content (AvgIpc) is 2.82. The Morgan fingerprint density at radius 1 is 1.24 bits per heavy atom. The van der Waals surface area contributed by atoms with Gasteiger partial charge in [0.05, 0.1) is 22.4 Å². The SMILES string of the molecule is CCCS(=O)(=O)OC1=C(C(OC)c2ccc3c(c2C)C(C)(C)CS3(=O)=O)C=NC(CC)CC1. The molecule has 0 N–H and O–H groups in total. The van der Waals surface area contributed by atoms with Crippen LogP contribution in [0.2, 0.25) is 0 Å². The van der Waals surface area contributed by atoms with E-state index in [9.17, 15) is 16.8 Å². The highest BCUT2D eigenvalue weighted by Crippen LogP contribution is 2.45. The van der Waals surface area contributed by atoms with Crippen LogP contribution < -0.4 is 0 Å². The molecule has 3 rings (SSSR count). The van der Waals surface area contributed by atoms with Gasteiger partial charge in [-0.3, -0.25) is 4.99 Å². The van der Waals surface area contributed by atoms with Crippen molar-refractivity contribution in [2.45, 2.75) is 82.8 Å². The molecule has 0 fully saturated rings. The van der Waals surface area contributed by atoms with Crippen molar-refractivity contribution >= 4 is 26.2 Å². The quantitative estimate of drug-likeness (QED) is 0.494. The standard InChI is InChI=1S/C24H35NO6S2/c1-7-13-33(28,29)31-20-11-9-17(8-2)25-14-19(20)23(30-6)18-10-12-21-22(16(18)3)24(4,5)15-32(21,26)27/h10,12,14,17,23H,7-9,11,13,15H2,1-6H3. The van der Waals surface area contributed by atoms with E-state index in [1.165, 1.54) is 0 Å². The lowest BCUT2D eigenvalue weighted by Crippen LogP contribution is -2.21. The molecule has 0 amide bonds. The molecule has 33 heavy (non-hydrogen) atoms. The van der Waals surface area contributed by atoms with Gasteiger partial charge >= 0.3 is 10.1 Å². The van der Waals surface area contributed by atoms with Crippen molar-refractivity contribution < 1.29 is 25.8 Å². The minimum absolute atomic E-state index is 0.0588. The molecule has 9 heteroatoms. The molecule has 2 atom stereocenters. The molecule has 0 saturated heterocycles. The smallest absolute Gasteiger partial charge is 0.308 e. The Bertz CT molecular complexity index is 1180. The lowest BCUT2D eigenvalue weighted by Gasteiger charge is -2.26. The van der Waals surface area contributed by atoms with Gasteiger partial charge in [-0.2, -0.15) is 8.42 Å². The summed E-state index contributed by atoms with van der Waals surface area (Å²) in [5.74, 6) is 0.338. The number of fused-ring (bicyclic) bond motifs is 1. The highest BCUT2D eigenvalue weighted by molar-refractivity contribution is 7.91. The molecule has 2 heterocycles. The molecule has 0 radical (unpaired) electrons. The van der Waals surface area contributed by atoms with Crippen LogP contribution in [0.3, 0.4) is 0 Å². The van der Waals surface area contributed by atoms with Crippen LogP contribution in [-0.4, -0.2) is 47.7 Å². The molecule has 7 nitrogen and oxygen atoms in total. The van der Waals surface area contributed by atoms with Crippen LogP contribution in [-0.2, 0) is 34.3 Å². The van der Waals surface area contributed by atoms with Crippen LogP contribution in [0.15, 0.2) is 33.4 Å². The van der Waals surface area contributed by atoms with Gasteiger partial charge in [-0.15, -0.1) is 0 Å². The molecular weight excluding hydrogens is 462 g/mol. The number of rotatable bonds is 8. The van der Waals surface area contributed by atoms with Gasteiger partial charge < -0.3 is 8.92 Å². The highest BCUT2D eigenvalue weighted by Gasteiger charge is 2.43. The van der Waals surface area contributed by atoms with E-state index in [4.69, 9.17) is 8.92 Å². The van der Waals surface area contributed by atoms with E-state index < -0.39 is 31.5 Å². The fourth-order valence-corrected chi connectivity index (χ4v) is 8.30. The van der Waals surface area contributed by atoms with Gasteiger partial charge in [0.2, 0.25) is 0 Å². The highest BCUT2D eigenvalue weighted by atomic mass is 32.2. The number of sulfone groups is 1. The van der Waals surface area contributed by atoms with E-state index in [0.717, 1.165) is 23.1 Å². The average molecular weight is 498 g/mol. The van der Waals surface area contributed by atoms with Gasteiger partial charge in [0.25, 0.3) is 0 Å². The monoisotopic (exact) mass is 497 g/mol. The van der Waals surface area contributed by atoms with Crippen molar-refractivity contribution in [2.75, 3.05) is 18.6 Å². The van der Waals surface area contributed by atoms with Crippen molar-refractivity contribution in [3.8, 4) is 0 Å². The maximum atomic E-state index is 12.7. The molecule has 0 saturated carbocycles. The molecule has 0 bridgehead atoms. The summed E-state index contributed by atoms with van der Waals surface area (Å²) in [6, 6.07) is 3.48. The summed E-state index contributed by atoms with van der Waals surface area (Å²) in [6.07, 6.45) is 3.44. The number of methoxy groups -OCH3 is 1. The number of hydrogen-bond acceptors (Lipinski definition) is 7. The van der Waals surface area contributed by atoms with Gasteiger partial charge in [0.1, 0.15) is 11.9 Å². The van der Waals surface area contributed by atoms with Gasteiger partial charge in [0, 0.05) is 30.7 Å². The zero-order valence-electron chi connectivity index (χ0n) is 20.3. The van der Waals surface area contributed by atoms with Crippen LogP contribution in [0.1, 0.15) is 76.2 Å². The van der Waals surface area contributed by atoms with Crippen LogP contribution in [0, 0.1) is 6.92 Å². The Morgan fingerprint density at radius 3 is 2.55 bits per heavy atom. The van der Waals surface area contributed by atoms with Gasteiger partial charge in [-0.25, -0.2) is 8.42 Å². The van der Waals surface area contributed by atoms with Gasteiger partial charge in [-0.05, 0) is 48.9 Å². The maximum Gasteiger partial charge on any atom is 0.308 e. The fourth-order valence-electron chi connectivity index (χ4n) is 4.97. The molecule has 1 aromatic rings. The third kappa shape index (κ3) is 5.20. The minimum Gasteiger partial charge on any atom is -0.386 e. The molecule has 184 valence electrons. The van der Waals surface area contributed by atoms with Crippen LogP contribution in [0.5, 0.6) is 0 Å². The van der Waals surface area contributed by atoms with Crippen LogP contribution >= 0.6 is 0 Å². The second-order valence-corrected chi connectivity index (χ2v) is 13.2. The molecule has 0 spiro atoms. The second-order valence-electron chi connectivity index (χ2n) is 9.51. The lowest BCUT2D eigenvalue weighted by molar-refractivity contribution is 0.133. The summed E-state index contributed by atoms with van der Waals surface area (Å²) in [6.45, 7) is 9.60. The van der Waals surface area contributed by atoms with Crippen LogP contribution in [0.4, 0.5) is 0 Å². The Kier molecular flexibility index (Phi) is 7.46. The van der Waals surface area contributed by atoms with Crippen molar-refractivity contribution in [3.63, 3.8) is 0 Å². The van der Waals surface area contributed by atoms with Crippen molar-refractivity contribution in [1.82, 2.24) is 0 Å². The van der Waals surface area contributed by atoms with E-state index in [2.05, 4.69) is 4.99 Å². The Labute approximate surface area is 198 Å². The Morgan fingerprint density at radius 2 is 1.94 bits per heavy atom. The minimum atomic E-state index is -3.74. The van der Waals surface area contributed by atoms with E-state index in [-0.39, 0.29) is 17.5 Å². The predicted octanol–water partition coefficient (Wildman–Crippen LogP) is 4.40. The van der Waals surface area contributed by atoms with E-state index in [1.807, 2.05) is 27.7 Å². The Balaban J connectivity index is 2.18. The molecular formula is C24H35NO6S2. The van der Waals surface area contributed by atoms with Gasteiger partial charge in [-0.1, -0.05) is 33.8 Å². The third-order valence-corrected chi connectivity index (χ3v) is 9.91. The van der Waals surface area contributed by atoms with Crippen molar-refractivity contribution in [2.24, 2.45) is 4.99 Å². The molecule has 0 aromatic heterocycles. The predicted molar refractivity (Wildman–Crippen MR) is 130 cm³/mol. The third-order valence-electron chi connectivity index (χ3n) is 6.44. The number of hydrogen-bond donors (Lipinski definition) is 0. The maximum absolute atomic E-state index is 12.7. The zero-order valence-corrected chi connectivity index (χ0v) is 22.0. The molecule has 2 aliphatic heterocycles. The van der Waals surface area contributed by atoms with E-state index in [1.54, 1.807) is 32.4 Å². The first-order valence-corrected chi connectivity index (χ1v) is 14.7. The molecule has 1 aromatic carbocycles. The number of allylic oxidation sites excluding steroid dienone is 1. The second kappa shape index (κ2) is 9.50. The van der Waals surface area contributed by atoms with E-state index in [0.29, 0.717) is 35.5 Å². The number of nitrogens with zero attached hydrogens (tertiary/aromatic N) is 1.